The van der Waals surface area contributed by atoms with Crippen molar-refractivity contribution in [1.29, 1.82) is 0 Å². The van der Waals surface area contributed by atoms with Crippen molar-refractivity contribution < 1.29 is 12.9 Å². The van der Waals surface area contributed by atoms with E-state index in [4.69, 9.17) is 4.52 Å². The Kier molecular flexibility index (Phi) is 9.91. The highest BCUT2D eigenvalue weighted by Gasteiger charge is 2.29. The first-order valence-electron chi connectivity index (χ1n) is 9.52. The van der Waals surface area contributed by atoms with Gasteiger partial charge in [0.25, 0.3) is 0 Å². The van der Waals surface area contributed by atoms with Crippen LogP contribution in [0.3, 0.4) is 0 Å². The van der Waals surface area contributed by atoms with E-state index in [0.717, 1.165) is 12.5 Å². The Bertz CT molecular complexity index is 886. The van der Waals surface area contributed by atoms with Gasteiger partial charge >= 0.3 is 0 Å². The summed E-state index contributed by atoms with van der Waals surface area (Å²) in [5, 5.41) is 7.49. The van der Waals surface area contributed by atoms with Crippen LogP contribution in [0, 0.1) is 0 Å². The number of nitrogens with zero attached hydrogens (tertiary/aromatic N) is 4. The third-order valence-corrected chi connectivity index (χ3v) is 7.52. The maximum atomic E-state index is 12.6. The molecular weight excluding hydrogens is 537 g/mol. The second-order valence-corrected chi connectivity index (χ2v) is 10.3. The van der Waals surface area contributed by atoms with E-state index in [0.29, 0.717) is 37.1 Å². The van der Waals surface area contributed by atoms with E-state index in [-0.39, 0.29) is 29.7 Å². The zero-order valence-corrected chi connectivity index (χ0v) is 21.1. The van der Waals surface area contributed by atoms with Crippen molar-refractivity contribution in [2.24, 2.45) is 4.99 Å². The molecule has 1 aliphatic rings. The number of benzene rings is 1. The van der Waals surface area contributed by atoms with Gasteiger partial charge in [0, 0.05) is 56.0 Å². The Morgan fingerprint density at radius 2 is 1.93 bits per heavy atom. The Morgan fingerprint density at radius 3 is 2.53 bits per heavy atom. The number of piperazine rings is 1. The summed E-state index contributed by atoms with van der Waals surface area (Å²) in [6.07, 6.45) is 1.38. The average molecular weight is 566 g/mol. The Balaban J connectivity index is 0.00000320. The van der Waals surface area contributed by atoms with E-state index < -0.39 is 10.0 Å². The van der Waals surface area contributed by atoms with Crippen LogP contribution in [0.25, 0.3) is 0 Å². The summed E-state index contributed by atoms with van der Waals surface area (Å²) in [7, 11) is -1.65. The van der Waals surface area contributed by atoms with Crippen LogP contribution in [0.2, 0.25) is 0 Å². The molecule has 1 atom stereocenters. The van der Waals surface area contributed by atoms with Gasteiger partial charge in [-0.2, -0.15) is 4.31 Å². The van der Waals surface area contributed by atoms with Gasteiger partial charge in [-0.05, 0) is 12.1 Å². The van der Waals surface area contributed by atoms with Crippen molar-refractivity contribution in [2.45, 2.75) is 22.8 Å². The van der Waals surface area contributed by atoms with Crippen molar-refractivity contribution >= 4 is 51.7 Å². The van der Waals surface area contributed by atoms with Crippen LogP contribution in [0.5, 0.6) is 0 Å². The smallest absolute Gasteiger partial charge is 0.220 e. The molecule has 1 aromatic heterocycles. The minimum atomic E-state index is -3.40. The molecule has 30 heavy (non-hydrogen) atoms. The van der Waals surface area contributed by atoms with Crippen LogP contribution in [0.1, 0.15) is 12.6 Å². The predicted octanol–water partition coefficient (Wildman–Crippen LogP) is 2.50. The molecule has 1 saturated heterocycles. The van der Waals surface area contributed by atoms with E-state index in [1.807, 2.05) is 30.0 Å². The highest BCUT2D eigenvalue weighted by Crippen LogP contribution is 2.22. The molecule has 1 fully saturated rings. The van der Waals surface area contributed by atoms with Crippen LogP contribution in [0.15, 0.2) is 57.1 Å². The van der Waals surface area contributed by atoms with Crippen LogP contribution in [-0.2, 0) is 15.8 Å². The number of rotatable bonds is 7. The summed E-state index contributed by atoms with van der Waals surface area (Å²) in [4.78, 5) is 7.71. The van der Waals surface area contributed by atoms with E-state index in [1.165, 1.54) is 15.5 Å². The zero-order valence-electron chi connectivity index (χ0n) is 17.1. The molecule has 0 saturated carbocycles. The van der Waals surface area contributed by atoms with Crippen molar-refractivity contribution in [3.63, 3.8) is 0 Å². The summed E-state index contributed by atoms with van der Waals surface area (Å²) < 4.78 is 31.4. The molecule has 1 aliphatic heterocycles. The van der Waals surface area contributed by atoms with E-state index in [9.17, 15) is 8.42 Å². The molecule has 1 unspecified atom stereocenters. The number of nitrogens with one attached hydrogen (secondary N) is 1. The molecule has 0 radical (unpaired) electrons. The van der Waals surface area contributed by atoms with Crippen molar-refractivity contribution in [2.75, 3.05) is 39.8 Å². The van der Waals surface area contributed by atoms with Crippen LogP contribution in [0.4, 0.5) is 0 Å². The Labute approximate surface area is 199 Å². The van der Waals surface area contributed by atoms with Gasteiger partial charge in [0.1, 0.15) is 12.0 Å². The summed E-state index contributed by atoms with van der Waals surface area (Å²) in [5.74, 6) is 0.670. The third-order valence-electron chi connectivity index (χ3n) is 4.59. The molecule has 1 N–H and O–H groups in total. The second kappa shape index (κ2) is 11.9. The number of thioether (sulfide) groups is 1. The lowest BCUT2D eigenvalue weighted by Crippen LogP contribution is -2.54. The fraction of sp³-hybridized carbons (Fsp3) is 0.474. The lowest BCUT2D eigenvalue weighted by molar-refractivity contribution is 0.260. The van der Waals surface area contributed by atoms with Gasteiger partial charge in [0.15, 0.2) is 5.96 Å². The number of guanidine groups is 1. The predicted molar refractivity (Wildman–Crippen MR) is 131 cm³/mol. The van der Waals surface area contributed by atoms with Gasteiger partial charge in [-0.15, -0.1) is 35.7 Å². The number of hydrogen-bond acceptors (Lipinski definition) is 6. The molecule has 8 nitrogen and oxygen atoms in total. The monoisotopic (exact) mass is 565 g/mol. The maximum absolute atomic E-state index is 12.6. The van der Waals surface area contributed by atoms with Crippen LogP contribution >= 0.6 is 35.7 Å². The normalized spacial score (nSPS) is 16.7. The van der Waals surface area contributed by atoms with Gasteiger partial charge in [-0.1, -0.05) is 30.3 Å². The average Bonchev–Trinajstić information content (AvgIpc) is 3.22. The molecule has 11 heteroatoms. The molecule has 0 aliphatic carbocycles. The summed E-state index contributed by atoms with van der Waals surface area (Å²) in [6.45, 7) is 4.99. The van der Waals surface area contributed by atoms with Crippen molar-refractivity contribution in [3.8, 4) is 0 Å². The molecule has 0 bridgehead atoms. The number of aliphatic imine (C=N–C) groups is 1. The first-order valence-corrected chi connectivity index (χ1v) is 12.0. The van der Waals surface area contributed by atoms with Gasteiger partial charge in [-0.3, -0.25) is 4.99 Å². The van der Waals surface area contributed by atoms with Gasteiger partial charge in [0.05, 0.1) is 5.69 Å². The molecule has 166 valence electrons. The molecular formula is C19H28IN5O3S2. The highest BCUT2D eigenvalue weighted by atomic mass is 127. The quantitative estimate of drug-likeness (QED) is 0.239. The second-order valence-electron chi connectivity index (χ2n) is 6.80. The largest absolute Gasteiger partial charge is 0.364 e. The first kappa shape index (κ1) is 25.0. The van der Waals surface area contributed by atoms with Gasteiger partial charge in [-0.25, -0.2) is 8.42 Å². The maximum Gasteiger partial charge on any atom is 0.220 e. The molecule has 0 spiro atoms. The first-order chi connectivity index (χ1) is 14.0. The summed E-state index contributed by atoms with van der Waals surface area (Å²) >= 11 is 1.81. The number of sulfonamides is 1. The Hall–Kier alpha value is -1.31. The lowest BCUT2D eigenvalue weighted by atomic mass is 10.4. The van der Waals surface area contributed by atoms with Crippen molar-refractivity contribution in [1.82, 2.24) is 19.7 Å². The van der Waals surface area contributed by atoms with E-state index >= 15 is 0 Å². The minimum absolute atomic E-state index is 0. The van der Waals surface area contributed by atoms with Crippen LogP contribution < -0.4 is 5.32 Å². The lowest BCUT2D eigenvalue weighted by Gasteiger charge is -2.36. The van der Waals surface area contributed by atoms with E-state index in [2.05, 4.69) is 39.4 Å². The van der Waals surface area contributed by atoms with E-state index in [1.54, 1.807) is 13.1 Å². The standard InChI is InChI=1S/C19H27N5O3S2.HI/c1-16(28-18-6-4-3-5-7-18)14-21-19(20-2)23-9-11-24(12-10-23)29(25,26)15-17-8-13-27-22-17;/h3-8,13,16H,9-12,14-15H2,1-2H3,(H,20,21);1H. The number of aromatic nitrogens is 1. The summed E-state index contributed by atoms with van der Waals surface area (Å²) in [6, 6.07) is 11.9. The fourth-order valence-corrected chi connectivity index (χ4v) is 5.48. The minimum Gasteiger partial charge on any atom is -0.364 e. The van der Waals surface area contributed by atoms with Gasteiger partial charge < -0.3 is 14.7 Å². The Morgan fingerprint density at radius 1 is 1.23 bits per heavy atom. The molecule has 1 aromatic carbocycles. The molecule has 2 aromatic rings. The van der Waals surface area contributed by atoms with Crippen LogP contribution in [-0.4, -0.2) is 73.8 Å². The topological polar surface area (TPSA) is 91.0 Å². The molecule has 0 amide bonds. The zero-order chi connectivity index (χ0) is 20.7. The molecule has 3 rings (SSSR count). The number of hydrogen-bond donors (Lipinski definition) is 1. The molecule has 2 heterocycles. The third kappa shape index (κ3) is 7.13. The van der Waals surface area contributed by atoms with Crippen molar-refractivity contribution in [3.05, 3.63) is 48.4 Å². The highest BCUT2D eigenvalue weighted by molar-refractivity contribution is 14.0. The fourth-order valence-electron chi connectivity index (χ4n) is 3.11. The number of halogens is 1. The summed E-state index contributed by atoms with van der Waals surface area (Å²) in [5.41, 5.74) is 0.426. The van der Waals surface area contributed by atoms with Gasteiger partial charge in [0.2, 0.25) is 10.0 Å². The SMILES string of the molecule is CN=C(NCC(C)Sc1ccccc1)N1CCN(S(=O)(=O)Cc2ccon2)CC1.I.